The largest absolute Gasteiger partial charge is 0.508 e. The van der Waals surface area contributed by atoms with Gasteiger partial charge >= 0.3 is 6.18 Å². The maximum atomic E-state index is 13.9. The van der Waals surface area contributed by atoms with E-state index in [1.54, 1.807) is 97.9 Å². The number of fused-ring (bicyclic) bond motifs is 4. The molecule has 0 spiro atoms. The Labute approximate surface area is 836 Å². The summed E-state index contributed by atoms with van der Waals surface area (Å²) in [5.41, 5.74) is 7.98. The molecule has 0 bridgehead atoms. The highest BCUT2D eigenvalue weighted by atomic mass is 35.5. The molecular weight excluding hydrogens is 1920 g/mol. The van der Waals surface area contributed by atoms with Crippen LogP contribution in [-0.4, -0.2) is 168 Å². The monoisotopic (exact) mass is 2020 g/mol. The van der Waals surface area contributed by atoms with Crippen molar-refractivity contribution in [3.8, 4) is 69.0 Å². The summed E-state index contributed by atoms with van der Waals surface area (Å²) in [6.45, 7) is 16.6. The Morgan fingerprint density at radius 2 is 0.613 bits per heavy atom. The molecule has 20 rings (SSSR count). The molecule has 12 aromatic carbocycles. The number of halogens is 9. The van der Waals surface area contributed by atoms with E-state index in [0.717, 1.165) is 176 Å². The summed E-state index contributed by atoms with van der Waals surface area (Å²) in [7, 11) is 0. The molecule has 16 aromatic rings. The molecule has 4 aromatic heterocycles. The zero-order chi connectivity index (χ0) is 99.7. The van der Waals surface area contributed by atoms with Crippen molar-refractivity contribution in [1.29, 1.82) is 0 Å². The highest BCUT2D eigenvalue weighted by Gasteiger charge is 2.38. The molecule has 4 N–H and O–H groups in total. The summed E-state index contributed by atoms with van der Waals surface area (Å²) < 4.78 is 133. The standard InChI is InChI=1S/C29H28FNO3S.C28H25ClFNO3S.C28H23F4NO3S.C28H25F2NO3S/c1-18-3-4-19(2)25(13-18)27(33)29-28(24-10-7-22(32)14-26(24)35-29)34-23-8-5-20(6-9-23)11-12-31-16-21(15-30)17-31;1-17-2-5-20(29)12-24(17)26(33)28-27(23-9-6-21(32)13-25(23)35-28)34-22-7-3-18(4-8-22)10-11-31-15-19(14-30)16-31;29-14-18-15-33(16-18)12-11-17-5-8-20(9-6-17)36-26-22-10-7-19(34)13-24(22)37-27(26)25(35)21-3-1-2-4-23(21)28(30,31)32;1-17-2-5-20(30)12-24(17)26(33)28-27(23-9-6-21(32)13-25(23)35-28)34-22-7-3-18(4-8-22)10-11-31-15-19(14-29)16-31/h3-10,13-14,21,32H,11-12,15-17H2,1-2H3;2-9,12-13,19,32H,10-11,14-16H2,1H3;1-10,13,18,34H,11-12,14-16H2;2-9,12-13,19,32H,10-11,14-16H2,1H3. The smallest absolute Gasteiger partial charge is 0.417 e. The third kappa shape index (κ3) is 23.9. The van der Waals surface area contributed by atoms with E-state index in [2.05, 4.69) is 19.6 Å². The van der Waals surface area contributed by atoms with Gasteiger partial charge in [-0.1, -0.05) is 108 Å². The number of hydrogen-bond donors (Lipinski definition) is 4. The van der Waals surface area contributed by atoms with Crippen molar-refractivity contribution in [2.75, 3.05) is 105 Å². The molecule has 4 saturated heterocycles. The predicted molar refractivity (Wildman–Crippen MR) is 547 cm³/mol. The van der Waals surface area contributed by atoms with E-state index in [4.69, 9.17) is 30.5 Å². The van der Waals surface area contributed by atoms with E-state index >= 15 is 0 Å². The van der Waals surface area contributed by atoms with Gasteiger partial charge in [0.25, 0.3) is 0 Å². The SMILES string of the molecule is Cc1ccc(C)c(C(=O)c2sc3cc(O)ccc3c2Oc2ccc(CCN3CC(CF)C3)cc2)c1.Cc1ccc(Cl)cc1C(=O)c1sc2cc(O)ccc2c1Oc1ccc(CCN2CC(CF)C2)cc1.Cc1ccc(F)cc1C(=O)c1sc2cc(O)ccc2c1Oc1ccc(CCN2CC(CF)C2)cc1.O=C(c1ccccc1C(F)(F)F)c1sc2cc(O)ccc2c1Oc1ccc(CCN2CC(CF)C2)cc1. The van der Waals surface area contributed by atoms with Gasteiger partial charge in [0.2, 0.25) is 23.1 Å². The second-order valence-corrected chi connectivity index (χ2v) is 41.1. The zero-order valence-corrected chi connectivity index (χ0v) is 82.0. The maximum absolute atomic E-state index is 13.9. The molecule has 29 heteroatoms. The van der Waals surface area contributed by atoms with Crippen molar-refractivity contribution in [3.05, 3.63) is 351 Å². The highest BCUT2D eigenvalue weighted by molar-refractivity contribution is 7.22. The summed E-state index contributed by atoms with van der Waals surface area (Å²) in [6.07, 6.45) is -1.25. The van der Waals surface area contributed by atoms with Gasteiger partial charge in [0.05, 0.1) is 32.3 Å². The number of hydrogen-bond acceptors (Lipinski definition) is 20. The number of carbonyl (C=O) groups is 4. The van der Waals surface area contributed by atoms with Gasteiger partial charge in [0.1, 0.15) is 71.3 Å². The number of aryl methyl sites for hydroxylation is 4. The number of thiophene rings is 4. The molecule has 0 amide bonds. The summed E-state index contributed by atoms with van der Waals surface area (Å²) in [6, 6.07) is 70.1. The fourth-order valence-electron chi connectivity index (χ4n) is 17.7. The first-order chi connectivity index (χ1) is 68.4. The number of phenolic OH excluding ortho intramolecular Hbond substituents is 4. The minimum absolute atomic E-state index is 0.0153. The maximum Gasteiger partial charge on any atom is 0.417 e. The van der Waals surface area contributed by atoms with E-state index in [9.17, 15) is 74.7 Å². The van der Waals surface area contributed by atoms with Crippen LogP contribution in [0.1, 0.15) is 111 Å². The van der Waals surface area contributed by atoms with Gasteiger partial charge in [-0.25, -0.2) is 4.39 Å². The van der Waals surface area contributed by atoms with Gasteiger partial charge in [0.15, 0.2) is 23.0 Å². The lowest BCUT2D eigenvalue weighted by Crippen LogP contribution is -2.48. The number of benzene rings is 12. The molecule has 4 fully saturated rings. The fraction of sp³-hybridized carbons (Fsp3) is 0.257. The molecule has 0 unspecified atom stereocenters. The topological polar surface area (TPSA) is 199 Å². The second-order valence-electron chi connectivity index (χ2n) is 36.5. The van der Waals surface area contributed by atoms with Crippen molar-refractivity contribution in [3.63, 3.8) is 0 Å². The van der Waals surface area contributed by atoms with Crippen molar-refractivity contribution in [2.24, 2.45) is 23.7 Å². The van der Waals surface area contributed by atoms with Crippen molar-refractivity contribution < 1.29 is 93.7 Å². The van der Waals surface area contributed by atoms with Crippen molar-refractivity contribution in [2.45, 2.75) is 59.6 Å². The third-order valence-electron chi connectivity index (χ3n) is 25.8. The Hall–Kier alpha value is -12.9. The molecule has 0 saturated carbocycles. The van der Waals surface area contributed by atoms with E-state index in [0.29, 0.717) is 96.8 Å². The lowest BCUT2D eigenvalue weighted by Gasteiger charge is -2.37. The van der Waals surface area contributed by atoms with Crippen LogP contribution < -0.4 is 18.9 Å². The molecule has 0 radical (unpaired) electrons. The molecular formula is C113H101ClF8N4O12S4. The first-order valence-electron chi connectivity index (χ1n) is 46.6. The number of likely N-dealkylation sites (tertiary alicyclic amines) is 4. The average molecular weight is 2020 g/mol. The van der Waals surface area contributed by atoms with Crippen LogP contribution in [0.15, 0.2) is 249 Å². The number of phenols is 4. The Morgan fingerprint density at radius 3 is 0.915 bits per heavy atom. The molecule has 4 aliphatic heterocycles. The first kappa shape index (κ1) is 101. The number of rotatable bonds is 32. The molecule has 8 heterocycles. The summed E-state index contributed by atoms with van der Waals surface area (Å²) >= 11 is 11.0. The summed E-state index contributed by atoms with van der Waals surface area (Å²) in [5, 5.41) is 43.1. The van der Waals surface area contributed by atoms with Crippen molar-refractivity contribution >= 4 is 120 Å². The Balaban J connectivity index is 0.000000130. The number of nitrogens with zero attached hydrogens (tertiary/aromatic N) is 4. The first-order valence-corrected chi connectivity index (χ1v) is 50.3. The van der Waals surface area contributed by atoms with Gasteiger partial charge in [0, 0.05) is 170 Å². The molecule has 142 heavy (non-hydrogen) atoms. The molecule has 732 valence electrons. The van der Waals surface area contributed by atoms with Gasteiger partial charge in [-0.15, -0.1) is 45.3 Å². The fourth-order valence-corrected chi connectivity index (χ4v) is 22.3. The third-order valence-corrected chi connectivity index (χ3v) is 30.5. The summed E-state index contributed by atoms with van der Waals surface area (Å²) in [5.74, 6) is 3.01. The van der Waals surface area contributed by atoms with E-state index in [1.165, 1.54) is 81.5 Å². The average Bonchev–Trinajstić information content (AvgIpc) is 1.60. The molecule has 0 aliphatic carbocycles. The van der Waals surface area contributed by atoms with Crippen LogP contribution in [-0.2, 0) is 31.9 Å². The normalized spacial score (nSPS) is 14.3. The quantitative estimate of drug-likeness (QED) is 0.0229. The number of ketones is 4. The van der Waals surface area contributed by atoms with Gasteiger partial charge in [-0.2, -0.15) is 13.2 Å². The predicted octanol–water partition coefficient (Wildman–Crippen LogP) is 27.3. The molecule has 0 atom stereocenters. The second kappa shape index (κ2) is 44.7. The van der Waals surface area contributed by atoms with Crippen LogP contribution in [0.25, 0.3) is 40.3 Å². The van der Waals surface area contributed by atoms with Crippen molar-refractivity contribution in [1.82, 2.24) is 19.6 Å². The molecule has 4 aliphatic rings. The van der Waals surface area contributed by atoms with Gasteiger partial charge < -0.3 is 59.0 Å². The van der Waals surface area contributed by atoms with E-state index < -0.39 is 28.9 Å². The Kier molecular flexibility index (Phi) is 31.7. The molecule has 16 nitrogen and oxygen atoms in total. The van der Waals surface area contributed by atoms with Crippen LogP contribution in [0.2, 0.25) is 5.02 Å². The van der Waals surface area contributed by atoms with E-state index in [-0.39, 0.29) is 107 Å². The van der Waals surface area contributed by atoms with Crippen LogP contribution in [0, 0.1) is 57.2 Å². The van der Waals surface area contributed by atoms with Gasteiger partial charge in [-0.05, 0) is 250 Å². The lowest BCUT2D eigenvalue weighted by atomic mass is 10.0. The van der Waals surface area contributed by atoms with Crippen LogP contribution in [0.4, 0.5) is 35.1 Å². The Bertz CT molecular complexity index is 6770. The van der Waals surface area contributed by atoms with Crippen LogP contribution in [0.3, 0.4) is 0 Å². The number of aromatic hydroxyl groups is 4. The van der Waals surface area contributed by atoms with Crippen LogP contribution >= 0.6 is 56.9 Å². The number of ether oxygens (including phenoxy) is 4. The minimum atomic E-state index is -4.69. The minimum Gasteiger partial charge on any atom is -0.508 e. The number of carbonyl (C=O) groups excluding carboxylic acids is 4. The highest BCUT2D eigenvalue weighted by Crippen LogP contribution is 2.49. The van der Waals surface area contributed by atoms with Crippen LogP contribution in [0.5, 0.6) is 69.0 Å². The van der Waals surface area contributed by atoms with E-state index in [1.807, 2.05) is 130 Å². The lowest BCUT2D eigenvalue weighted by molar-refractivity contribution is -0.137. The summed E-state index contributed by atoms with van der Waals surface area (Å²) in [4.78, 5) is 64.3. The number of alkyl halides is 7. The Morgan fingerprint density at radius 1 is 0.338 bits per heavy atom. The zero-order valence-electron chi connectivity index (χ0n) is 78.0. The van der Waals surface area contributed by atoms with Gasteiger partial charge in [-0.3, -0.25) is 36.7 Å².